The Bertz CT molecular complexity index is 752. The van der Waals surface area contributed by atoms with Gasteiger partial charge in [-0.2, -0.15) is 0 Å². The van der Waals surface area contributed by atoms with Crippen molar-refractivity contribution in [2.45, 2.75) is 17.7 Å². The monoisotopic (exact) mass is 360 g/mol. The molecule has 112 valence electrons. The topological polar surface area (TPSA) is 26.3 Å². The highest BCUT2D eigenvalue weighted by Gasteiger charge is 2.32. The number of benzene rings is 2. The average molecular weight is 361 g/mol. The van der Waals surface area contributed by atoms with Gasteiger partial charge >= 0.3 is 0 Å². The van der Waals surface area contributed by atoms with Crippen molar-refractivity contribution in [2.75, 3.05) is 0 Å². The normalized spacial score (nSPS) is 18.4. The van der Waals surface area contributed by atoms with E-state index in [2.05, 4.69) is 15.9 Å². The van der Waals surface area contributed by atoms with E-state index in [-0.39, 0.29) is 10.6 Å². The highest BCUT2D eigenvalue weighted by molar-refractivity contribution is 9.09. The molecule has 0 saturated carbocycles. The van der Waals surface area contributed by atoms with Gasteiger partial charge in [0, 0.05) is 11.1 Å². The number of alkyl halides is 1. The van der Waals surface area contributed by atoms with Crippen LogP contribution in [-0.4, -0.2) is 11.1 Å². The molecule has 0 aromatic heterocycles. The van der Waals surface area contributed by atoms with Gasteiger partial charge in [-0.25, -0.2) is 4.39 Å². The van der Waals surface area contributed by atoms with Gasteiger partial charge in [0.25, 0.3) is 0 Å². The van der Waals surface area contributed by atoms with E-state index in [4.69, 9.17) is 4.74 Å². The molecule has 0 saturated heterocycles. The second-order valence-corrected chi connectivity index (χ2v) is 6.53. The van der Waals surface area contributed by atoms with Crippen LogP contribution in [0.5, 0.6) is 5.75 Å². The summed E-state index contributed by atoms with van der Waals surface area (Å²) in [5.41, 5.74) is 2.17. The molecule has 22 heavy (non-hydrogen) atoms. The molecule has 2 atom stereocenters. The molecule has 1 heterocycles. The van der Waals surface area contributed by atoms with Crippen LogP contribution in [0.3, 0.4) is 0 Å². The first-order valence-electron chi connectivity index (χ1n) is 6.98. The minimum absolute atomic E-state index is 0.0958. The lowest BCUT2D eigenvalue weighted by molar-refractivity contribution is -0.108. The Labute approximate surface area is 136 Å². The molecule has 4 heteroatoms. The fraction of sp³-hybridized carbons (Fsp3) is 0.167. The Morgan fingerprint density at radius 3 is 2.68 bits per heavy atom. The Hall–Kier alpha value is -1.94. The van der Waals surface area contributed by atoms with E-state index in [0.29, 0.717) is 22.6 Å². The number of halogens is 2. The molecule has 0 N–H and O–H groups in total. The minimum atomic E-state index is -0.471. The molecule has 0 amide bonds. The Morgan fingerprint density at radius 1 is 1.23 bits per heavy atom. The lowest BCUT2D eigenvalue weighted by atomic mass is 9.84. The van der Waals surface area contributed by atoms with E-state index in [1.807, 2.05) is 31.2 Å². The summed E-state index contributed by atoms with van der Waals surface area (Å²) in [5, 5.41) is 0. The van der Waals surface area contributed by atoms with Crippen LogP contribution >= 0.6 is 15.9 Å². The summed E-state index contributed by atoms with van der Waals surface area (Å²) < 4.78 is 19.6. The van der Waals surface area contributed by atoms with Gasteiger partial charge in [-0.15, -0.1) is 0 Å². The summed E-state index contributed by atoms with van der Waals surface area (Å²) in [7, 11) is 0. The van der Waals surface area contributed by atoms with Crippen LogP contribution in [0.15, 0.2) is 54.3 Å². The first kappa shape index (κ1) is 15.0. The number of carbonyl (C=O) groups excluding carboxylic acids is 1. The van der Waals surface area contributed by atoms with Crippen molar-refractivity contribution >= 4 is 27.8 Å². The van der Waals surface area contributed by atoms with Gasteiger partial charge in [0.05, 0.1) is 10.7 Å². The van der Waals surface area contributed by atoms with Crippen molar-refractivity contribution in [1.82, 2.24) is 0 Å². The van der Waals surface area contributed by atoms with E-state index in [1.54, 1.807) is 12.1 Å². The molecule has 0 spiro atoms. The third-order valence-electron chi connectivity index (χ3n) is 3.68. The Morgan fingerprint density at radius 2 is 2.00 bits per heavy atom. The van der Waals surface area contributed by atoms with E-state index >= 15 is 0 Å². The van der Waals surface area contributed by atoms with Gasteiger partial charge in [0.2, 0.25) is 0 Å². The molecular weight excluding hydrogens is 347 g/mol. The third kappa shape index (κ3) is 2.59. The number of carbonyl (C=O) groups is 1. The molecule has 0 bridgehead atoms. The number of fused-ring (bicyclic) bond motifs is 1. The number of para-hydroxylation sites is 1. The highest BCUT2D eigenvalue weighted by atomic mass is 79.9. The van der Waals surface area contributed by atoms with E-state index in [9.17, 15) is 9.18 Å². The lowest BCUT2D eigenvalue weighted by Crippen LogP contribution is -2.20. The maximum absolute atomic E-state index is 13.6. The first-order valence-corrected chi connectivity index (χ1v) is 7.89. The maximum atomic E-state index is 13.6. The molecule has 2 nitrogen and oxygen atoms in total. The van der Waals surface area contributed by atoms with Crippen LogP contribution in [-0.2, 0) is 4.79 Å². The number of aldehydes is 1. The zero-order chi connectivity index (χ0) is 15.7. The van der Waals surface area contributed by atoms with Crippen molar-refractivity contribution in [3.63, 3.8) is 0 Å². The number of hydrogen-bond acceptors (Lipinski definition) is 2. The van der Waals surface area contributed by atoms with Gasteiger partial charge in [0.1, 0.15) is 23.6 Å². The molecular formula is C18H14BrFO2. The summed E-state index contributed by atoms with van der Waals surface area (Å²) in [5.74, 6) is 0.499. The van der Waals surface area contributed by atoms with E-state index < -0.39 is 5.92 Å². The lowest BCUT2D eigenvalue weighted by Gasteiger charge is -2.29. The minimum Gasteiger partial charge on any atom is -0.460 e. The standard InChI is InChI=1S/C18H14BrFO2/c1-11(19)18-17(12-5-4-6-13(20)9-12)15(10-21)14-7-2-3-8-16(14)22-18/h2-11,15H,1H3. The summed E-state index contributed by atoms with van der Waals surface area (Å²) in [4.78, 5) is 11.7. The van der Waals surface area contributed by atoms with Crippen molar-refractivity contribution in [2.24, 2.45) is 0 Å². The number of hydrogen-bond donors (Lipinski definition) is 0. The van der Waals surface area contributed by atoms with Crippen molar-refractivity contribution in [3.8, 4) is 5.75 Å². The fourth-order valence-corrected chi connectivity index (χ4v) is 3.07. The summed E-state index contributed by atoms with van der Waals surface area (Å²) >= 11 is 3.51. The second-order valence-electron chi connectivity index (χ2n) is 5.16. The average Bonchev–Trinajstić information content (AvgIpc) is 2.52. The van der Waals surface area contributed by atoms with Crippen LogP contribution in [0, 0.1) is 5.82 Å². The van der Waals surface area contributed by atoms with Gasteiger partial charge in [-0.1, -0.05) is 46.3 Å². The van der Waals surface area contributed by atoms with Crippen LogP contribution in [0.4, 0.5) is 4.39 Å². The van der Waals surface area contributed by atoms with Gasteiger partial charge in [-0.05, 0) is 30.7 Å². The molecule has 3 rings (SSSR count). The van der Waals surface area contributed by atoms with Crippen molar-refractivity contribution < 1.29 is 13.9 Å². The number of ether oxygens (including phenoxy) is 1. The van der Waals surface area contributed by atoms with Gasteiger partial charge in [0.15, 0.2) is 0 Å². The predicted octanol–water partition coefficient (Wildman–Crippen LogP) is 4.70. The summed E-state index contributed by atoms with van der Waals surface area (Å²) in [6.45, 7) is 1.92. The molecule has 2 aromatic carbocycles. The van der Waals surface area contributed by atoms with E-state index in [1.165, 1.54) is 12.1 Å². The first-order chi connectivity index (χ1) is 10.6. The van der Waals surface area contributed by atoms with Crippen molar-refractivity contribution in [1.29, 1.82) is 0 Å². The Kier molecular flexibility index (Phi) is 4.12. The third-order valence-corrected chi connectivity index (χ3v) is 4.10. The fourth-order valence-electron chi connectivity index (χ4n) is 2.73. The Balaban J connectivity index is 2.24. The second kappa shape index (κ2) is 6.05. The smallest absolute Gasteiger partial charge is 0.132 e. The van der Waals surface area contributed by atoms with Crippen LogP contribution in [0.2, 0.25) is 0 Å². The molecule has 2 unspecified atom stereocenters. The zero-order valence-corrected chi connectivity index (χ0v) is 13.5. The van der Waals surface area contributed by atoms with E-state index in [0.717, 1.165) is 11.8 Å². The molecule has 1 aliphatic heterocycles. The zero-order valence-electron chi connectivity index (χ0n) is 11.9. The number of rotatable bonds is 3. The van der Waals surface area contributed by atoms with Crippen LogP contribution in [0.25, 0.3) is 5.57 Å². The van der Waals surface area contributed by atoms with Crippen molar-refractivity contribution in [3.05, 3.63) is 71.2 Å². The summed E-state index contributed by atoms with van der Waals surface area (Å²) in [6.07, 6.45) is 0.886. The molecule has 2 aromatic rings. The van der Waals surface area contributed by atoms with Crippen LogP contribution in [0.1, 0.15) is 24.0 Å². The molecule has 0 aliphatic carbocycles. The molecule has 0 fully saturated rings. The highest BCUT2D eigenvalue weighted by Crippen LogP contribution is 2.44. The maximum Gasteiger partial charge on any atom is 0.132 e. The number of allylic oxidation sites excluding steroid dienone is 2. The molecule has 0 radical (unpaired) electrons. The van der Waals surface area contributed by atoms with Gasteiger partial charge < -0.3 is 9.53 Å². The largest absolute Gasteiger partial charge is 0.460 e. The quantitative estimate of drug-likeness (QED) is 0.585. The molecule has 1 aliphatic rings. The van der Waals surface area contributed by atoms with Gasteiger partial charge in [-0.3, -0.25) is 0 Å². The SMILES string of the molecule is CC(Br)C1=C(c2cccc(F)c2)C(C=O)c2ccccc2O1. The summed E-state index contributed by atoms with van der Waals surface area (Å²) in [6, 6.07) is 13.7. The van der Waals surface area contributed by atoms with Crippen LogP contribution < -0.4 is 4.74 Å². The predicted molar refractivity (Wildman–Crippen MR) is 87.6 cm³/mol.